The highest BCUT2D eigenvalue weighted by molar-refractivity contribution is 6.28. The number of rotatable bonds is 4. The molecule has 2 aromatic rings. The summed E-state index contributed by atoms with van der Waals surface area (Å²) in [5.41, 5.74) is 3.06. The summed E-state index contributed by atoms with van der Waals surface area (Å²) in [6.45, 7) is 2.01. The van der Waals surface area contributed by atoms with Crippen LogP contribution in [0, 0.1) is 6.92 Å². The Morgan fingerprint density at radius 2 is 1.46 bits per heavy atom. The van der Waals surface area contributed by atoms with Crippen molar-refractivity contribution in [3.8, 4) is 0 Å². The van der Waals surface area contributed by atoms with Gasteiger partial charge in [0.25, 0.3) is 11.8 Å². The molecule has 0 aromatic heterocycles. The van der Waals surface area contributed by atoms with E-state index in [1.165, 1.54) is 18.2 Å². The SMILES string of the molecule is Cc1ccc(/C=C/C(=O)c2ccc(N3C(=O)C=CC3=O)cc2)cc1. The van der Waals surface area contributed by atoms with Crippen molar-refractivity contribution in [1.82, 2.24) is 0 Å². The first-order valence-electron chi connectivity index (χ1n) is 7.50. The molecule has 3 rings (SSSR count). The van der Waals surface area contributed by atoms with Crippen LogP contribution in [0.25, 0.3) is 6.08 Å². The maximum absolute atomic E-state index is 12.2. The van der Waals surface area contributed by atoms with Gasteiger partial charge in [0.1, 0.15) is 0 Å². The smallest absolute Gasteiger partial charge is 0.258 e. The average molecular weight is 317 g/mol. The molecule has 0 spiro atoms. The number of imide groups is 1. The molecule has 4 nitrogen and oxygen atoms in total. The lowest BCUT2D eigenvalue weighted by atomic mass is 10.1. The summed E-state index contributed by atoms with van der Waals surface area (Å²) in [6, 6.07) is 14.3. The van der Waals surface area contributed by atoms with Crippen molar-refractivity contribution in [3.05, 3.63) is 83.4 Å². The van der Waals surface area contributed by atoms with Crippen molar-refractivity contribution in [2.75, 3.05) is 4.90 Å². The number of ketones is 1. The first-order chi connectivity index (χ1) is 11.5. The van der Waals surface area contributed by atoms with E-state index in [-0.39, 0.29) is 17.6 Å². The van der Waals surface area contributed by atoms with Gasteiger partial charge in [-0.3, -0.25) is 14.4 Å². The standard InChI is InChI=1S/C20H15NO3/c1-14-2-4-15(5-3-14)6-11-18(22)16-7-9-17(10-8-16)21-19(23)12-13-20(21)24/h2-13H,1H3/b11-6+. The largest absolute Gasteiger partial charge is 0.289 e. The minimum atomic E-state index is -0.377. The summed E-state index contributed by atoms with van der Waals surface area (Å²) in [4.78, 5) is 36.5. The van der Waals surface area contributed by atoms with Gasteiger partial charge in [-0.2, -0.15) is 0 Å². The molecule has 24 heavy (non-hydrogen) atoms. The van der Waals surface area contributed by atoms with Crippen LogP contribution in [0.1, 0.15) is 21.5 Å². The molecule has 0 fully saturated rings. The number of carbonyl (C=O) groups is 3. The van der Waals surface area contributed by atoms with Crippen LogP contribution in [0.5, 0.6) is 0 Å². The highest BCUT2D eigenvalue weighted by atomic mass is 16.2. The van der Waals surface area contributed by atoms with Crippen LogP contribution in [-0.4, -0.2) is 17.6 Å². The maximum Gasteiger partial charge on any atom is 0.258 e. The van der Waals surface area contributed by atoms with Crippen LogP contribution in [0.4, 0.5) is 5.69 Å². The quantitative estimate of drug-likeness (QED) is 0.494. The van der Waals surface area contributed by atoms with Crippen molar-refractivity contribution in [3.63, 3.8) is 0 Å². The third-order valence-corrected chi connectivity index (χ3v) is 3.72. The average Bonchev–Trinajstić information content (AvgIpc) is 2.93. The predicted octanol–water partition coefficient (Wildman–Crippen LogP) is 3.32. The van der Waals surface area contributed by atoms with E-state index in [9.17, 15) is 14.4 Å². The van der Waals surface area contributed by atoms with Gasteiger partial charge in [0.2, 0.25) is 0 Å². The van der Waals surface area contributed by atoms with Crippen LogP contribution in [0.15, 0.2) is 66.8 Å². The summed E-state index contributed by atoms with van der Waals surface area (Å²) in [5, 5.41) is 0. The molecule has 1 heterocycles. The molecular formula is C20H15NO3. The lowest BCUT2D eigenvalue weighted by Crippen LogP contribution is -2.29. The number of allylic oxidation sites excluding steroid dienone is 1. The van der Waals surface area contributed by atoms with Gasteiger partial charge in [-0.1, -0.05) is 35.9 Å². The first-order valence-corrected chi connectivity index (χ1v) is 7.50. The molecule has 0 saturated carbocycles. The number of benzene rings is 2. The Balaban J connectivity index is 1.73. The van der Waals surface area contributed by atoms with E-state index in [1.54, 1.807) is 30.3 Å². The topological polar surface area (TPSA) is 54.5 Å². The molecule has 1 aliphatic heterocycles. The van der Waals surface area contributed by atoms with Crippen LogP contribution < -0.4 is 4.90 Å². The monoisotopic (exact) mass is 317 g/mol. The number of hydrogen-bond donors (Lipinski definition) is 0. The minimum absolute atomic E-state index is 0.140. The molecule has 2 amide bonds. The lowest BCUT2D eigenvalue weighted by molar-refractivity contribution is -0.119. The second-order valence-electron chi connectivity index (χ2n) is 5.50. The molecule has 0 radical (unpaired) electrons. The van der Waals surface area contributed by atoms with E-state index in [1.807, 2.05) is 31.2 Å². The fraction of sp³-hybridized carbons (Fsp3) is 0.0500. The fourth-order valence-corrected chi connectivity index (χ4v) is 2.38. The highest BCUT2D eigenvalue weighted by Crippen LogP contribution is 2.20. The first kappa shape index (κ1) is 15.6. The Hall–Kier alpha value is -3.27. The Kier molecular flexibility index (Phi) is 4.20. The predicted molar refractivity (Wildman–Crippen MR) is 92.6 cm³/mol. The van der Waals surface area contributed by atoms with Crippen molar-refractivity contribution in [2.45, 2.75) is 6.92 Å². The number of aryl methyl sites for hydroxylation is 1. The van der Waals surface area contributed by atoms with Gasteiger partial charge < -0.3 is 0 Å². The number of hydrogen-bond acceptors (Lipinski definition) is 3. The summed E-state index contributed by atoms with van der Waals surface area (Å²) >= 11 is 0. The summed E-state index contributed by atoms with van der Waals surface area (Å²) < 4.78 is 0. The molecule has 0 saturated heterocycles. The summed E-state index contributed by atoms with van der Waals surface area (Å²) in [7, 11) is 0. The van der Waals surface area contributed by atoms with Gasteiger partial charge in [0.15, 0.2) is 5.78 Å². The van der Waals surface area contributed by atoms with Gasteiger partial charge in [0.05, 0.1) is 5.69 Å². The lowest BCUT2D eigenvalue weighted by Gasteiger charge is -2.13. The second-order valence-corrected chi connectivity index (χ2v) is 5.50. The zero-order chi connectivity index (χ0) is 17.1. The molecule has 0 unspecified atom stereocenters. The van der Waals surface area contributed by atoms with Crippen molar-refractivity contribution in [1.29, 1.82) is 0 Å². The number of amides is 2. The normalized spacial score (nSPS) is 14.0. The molecule has 0 N–H and O–H groups in total. The van der Waals surface area contributed by atoms with Crippen molar-refractivity contribution >= 4 is 29.4 Å². The molecular weight excluding hydrogens is 302 g/mol. The Morgan fingerprint density at radius 3 is 2.04 bits per heavy atom. The molecule has 118 valence electrons. The van der Waals surface area contributed by atoms with Crippen LogP contribution in [-0.2, 0) is 9.59 Å². The van der Waals surface area contributed by atoms with E-state index < -0.39 is 0 Å². The third kappa shape index (κ3) is 3.22. The van der Waals surface area contributed by atoms with Crippen molar-refractivity contribution in [2.24, 2.45) is 0 Å². The van der Waals surface area contributed by atoms with E-state index in [2.05, 4.69) is 0 Å². The Labute approximate surface area is 139 Å². The summed E-state index contributed by atoms with van der Waals surface area (Å²) in [5.74, 6) is -0.893. The number of carbonyl (C=O) groups excluding carboxylic acids is 3. The van der Waals surface area contributed by atoms with E-state index >= 15 is 0 Å². The van der Waals surface area contributed by atoms with Crippen LogP contribution in [0.2, 0.25) is 0 Å². The fourth-order valence-electron chi connectivity index (χ4n) is 2.38. The van der Waals surface area contributed by atoms with Gasteiger partial charge >= 0.3 is 0 Å². The van der Waals surface area contributed by atoms with E-state index in [0.29, 0.717) is 11.3 Å². The zero-order valence-corrected chi connectivity index (χ0v) is 13.1. The van der Waals surface area contributed by atoms with Gasteiger partial charge in [-0.05, 0) is 42.8 Å². The van der Waals surface area contributed by atoms with E-state index in [4.69, 9.17) is 0 Å². The zero-order valence-electron chi connectivity index (χ0n) is 13.1. The van der Waals surface area contributed by atoms with Gasteiger partial charge in [0, 0.05) is 17.7 Å². The molecule has 0 bridgehead atoms. The number of nitrogens with zero attached hydrogens (tertiary/aromatic N) is 1. The molecule has 2 aromatic carbocycles. The van der Waals surface area contributed by atoms with Crippen LogP contribution in [0.3, 0.4) is 0 Å². The third-order valence-electron chi connectivity index (χ3n) is 3.72. The minimum Gasteiger partial charge on any atom is -0.289 e. The molecule has 0 aliphatic carbocycles. The highest BCUT2D eigenvalue weighted by Gasteiger charge is 2.24. The van der Waals surface area contributed by atoms with Crippen LogP contribution >= 0.6 is 0 Å². The Morgan fingerprint density at radius 1 is 0.875 bits per heavy atom. The molecule has 0 atom stereocenters. The van der Waals surface area contributed by atoms with Gasteiger partial charge in [-0.15, -0.1) is 0 Å². The van der Waals surface area contributed by atoms with Gasteiger partial charge in [-0.25, -0.2) is 4.90 Å². The summed E-state index contributed by atoms with van der Waals surface area (Å²) in [6.07, 6.45) is 5.72. The number of anilines is 1. The molecule has 1 aliphatic rings. The maximum atomic E-state index is 12.2. The Bertz CT molecular complexity index is 841. The van der Waals surface area contributed by atoms with E-state index in [0.717, 1.165) is 16.0 Å². The van der Waals surface area contributed by atoms with Crippen molar-refractivity contribution < 1.29 is 14.4 Å². The second kappa shape index (κ2) is 6.46. The molecule has 4 heteroatoms.